The van der Waals surface area contributed by atoms with Gasteiger partial charge in [0.05, 0.1) is 8.30 Å². The largest absolute Gasteiger partial charge is 0.437 e. The van der Waals surface area contributed by atoms with Crippen LogP contribution >= 0.6 is 0 Å². The zero-order valence-electron chi connectivity index (χ0n) is 20.6. The maximum Gasteiger partial charge on any atom is 0.228 e. The summed E-state index contributed by atoms with van der Waals surface area (Å²) in [6.45, 7) is 7.19. The summed E-state index contributed by atoms with van der Waals surface area (Å²) in [5.74, 6) is -0.410. The molecule has 3 aromatic heterocycles. The van der Waals surface area contributed by atoms with E-state index in [2.05, 4.69) is 4.98 Å². The molecule has 0 saturated heterocycles. The van der Waals surface area contributed by atoms with Crippen molar-refractivity contribution < 1.29 is 14.5 Å². The number of hydrogen-bond acceptors (Lipinski definition) is 3. The molecule has 0 unspecified atom stereocenters. The van der Waals surface area contributed by atoms with E-state index in [0.717, 1.165) is 16.3 Å². The van der Waals surface area contributed by atoms with Crippen molar-refractivity contribution in [2.75, 3.05) is 0 Å². The first-order chi connectivity index (χ1) is 15.0. The summed E-state index contributed by atoms with van der Waals surface area (Å²) < 4.78 is 42.7. The summed E-state index contributed by atoms with van der Waals surface area (Å²) in [7, 11) is 1.78. The molecule has 0 radical (unpaired) electrons. The minimum absolute atomic E-state index is 0.0245. The molecule has 4 rings (SSSR count). The Morgan fingerprint density at radius 1 is 1.21 bits per heavy atom. The number of hydrogen-bond donors (Lipinski definition) is 0. The molecule has 4 nitrogen and oxygen atoms in total. The van der Waals surface area contributed by atoms with E-state index in [0.29, 0.717) is 28.2 Å². The molecule has 1 aromatic carbocycles. The number of aromatic nitrogens is 2. The average Bonchev–Trinajstić information content (AvgIpc) is 3.11. The van der Waals surface area contributed by atoms with E-state index in [9.17, 15) is 5.26 Å². The van der Waals surface area contributed by atoms with Crippen LogP contribution in [0.3, 0.4) is 0 Å². The van der Waals surface area contributed by atoms with Gasteiger partial charge in [0.15, 0.2) is 11.3 Å². The fourth-order valence-electron chi connectivity index (χ4n) is 3.43. The van der Waals surface area contributed by atoms with Crippen LogP contribution in [0.5, 0.6) is 0 Å². The summed E-state index contributed by atoms with van der Waals surface area (Å²) in [5, 5.41) is 10.8. The first-order valence-electron chi connectivity index (χ1n) is 11.2. The third-order valence-corrected chi connectivity index (χ3v) is 4.89. The lowest BCUT2D eigenvalue weighted by molar-refractivity contribution is -0.666. The van der Waals surface area contributed by atoms with Crippen molar-refractivity contribution in [2.24, 2.45) is 13.0 Å². The molecule has 0 aliphatic rings. The average molecular weight is 375 g/mol. The summed E-state index contributed by atoms with van der Waals surface area (Å²) in [4.78, 5) is 4.28. The highest BCUT2D eigenvalue weighted by Gasteiger charge is 2.23. The standard InChI is InChI=1S/C24H24N3O/c1-14(2)10-17-11-16(4)27(5)21(12-17)22-15(3)6-8-19-20-9-7-18(13-25)26-24(20)28-23(19)22/h6-9,11-12,14H,10H2,1-5H3/q+1/i10D2,11D,12D. The topological polar surface area (TPSA) is 53.7 Å². The quantitative estimate of drug-likeness (QED) is 0.465. The molecule has 4 aromatic rings. The molecule has 0 amide bonds. The van der Waals surface area contributed by atoms with Crippen LogP contribution in [0.15, 0.2) is 40.8 Å². The van der Waals surface area contributed by atoms with Crippen LogP contribution in [0.25, 0.3) is 33.3 Å². The van der Waals surface area contributed by atoms with Crippen molar-refractivity contribution in [1.82, 2.24) is 4.98 Å². The number of benzene rings is 1. The van der Waals surface area contributed by atoms with Gasteiger partial charge in [-0.2, -0.15) is 9.83 Å². The van der Waals surface area contributed by atoms with Crippen LogP contribution in [0.1, 0.15) is 41.8 Å². The van der Waals surface area contributed by atoms with Gasteiger partial charge in [0, 0.05) is 32.5 Å². The van der Waals surface area contributed by atoms with Crippen molar-refractivity contribution in [3.05, 3.63) is 58.9 Å². The molecule has 0 bridgehead atoms. The minimum Gasteiger partial charge on any atom is -0.437 e. The number of rotatable bonds is 3. The van der Waals surface area contributed by atoms with E-state index in [1.807, 2.05) is 25.1 Å². The van der Waals surface area contributed by atoms with Gasteiger partial charge in [-0.3, -0.25) is 0 Å². The van der Waals surface area contributed by atoms with Crippen LogP contribution in [0, 0.1) is 31.1 Å². The second kappa shape index (κ2) is 6.76. The van der Waals surface area contributed by atoms with Crippen LogP contribution in [0.2, 0.25) is 0 Å². The maximum atomic E-state index is 9.19. The zero-order valence-corrected chi connectivity index (χ0v) is 16.6. The monoisotopic (exact) mass is 374 g/mol. The van der Waals surface area contributed by atoms with E-state index >= 15 is 0 Å². The number of nitrogens with zero attached hydrogens (tertiary/aromatic N) is 3. The Balaban J connectivity index is 2.17. The molecular weight excluding hydrogens is 346 g/mol. The van der Waals surface area contributed by atoms with Gasteiger partial charge in [0.1, 0.15) is 18.8 Å². The lowest BCUT2D eigenvalue weighted by Crippen LogP contribution is -2.35. The minimum atomic E-state index is -1.85. The van der Waals surface area contributed by atoms with Crippen molar-refractivity contribution in [3.8, 4) is 17.3 Å². The Labute approximate surface area is 170 Å². The normalized spacial score (nSPS) is 14.0. The van der Waals surface area contributed by atoms with Crippen molar-refractivity contribution >= 4 is 22.1 Å². The maximum absolute atomic E-state index is 9.19. The first-order valence-corrected chi connectivity index (χ1v) is 9.24. The highest BCUT2D eigenvalue weighted by atomic mass is 16.3. The first kappa shape index (κ1) is 13.9. The predicted octanol–water partition coefficient (Wildman–Crippen LogP) is 5.16. The number of pyridine rings is 2. The molecule has 0 aliphatic heterocycles. The number of fused-ring (bicyclic) bond motifs is 3. The van der Waals surface area contributed by atoms with E-state index in [1.54, 1.807) is 44.5 Å². The number of aryl methyl sites for hydroxylation is 1. The van der Waals surface area contributed by atoms with Gasteiger partial charge in [0.25, 0.3) is 0 Å². The van der Waals surface area contributed by atoms with Gasteiger partial charge in [-0.1, -0.05) is 26.0 Å². The van der Waals surface area contributed by atoms with E-state index in [4.69, 9.17) is 9.90 Å². The Morgan fingerprint density at radius 3 is 2.68 bits per heavy atom. The molecule has 0 atom stereocenters. The van der Waals surface area contributed by atoms with E-state index < -0.39 is 12.3 Å². The fraction of sp³-hybridized carbons (Fsp3) is 0.292. The second-order valence-corrected chi connectivity index (χ2v) is 7.31. The number of furan rings is 1. The Kier molecular flexibility index (Phi) is 3.36. The summed E-state index contributed by atoms with van der Waals surface area (Å²) in [6.07, 6.45) is -1.85. The lowest BCUT2D eigenvalue weighted by atomic mass is 9.97. The van der Waals surface area contributed by atoms with Gasteiger partial charge in [-0.05, 0) is 42.5 Å². The smallest absolute Gasteiger partial charge is 0.228 e. The molecule has 140 valence electrons. The second-order valence-electron chi connectivity index (χ2n) is 7.31. The van der Waals surface area contributed by atoms with Crippen molar-refractivity contribution in [1.29, 1.82) is 5.26 Å². The highest BCUT2D eigenvalue weighted by molar-refractivity contribution is 6.08. The third-order valence-electron chi connectivity index (χ3n) is 4.89. The molecular formula is C24H24N3O+. The Morgan fingerprint density at radius 2 is 1.96 bits per heavy atom. The Bertz CT molecular complexity index is 1450. The molecule has 0 aliphatic carbocycles. The fourth-order valence-corrected chi connectivity index (χ4v) is 3.43. The molecule has 0 N–H and O–H groups in total. The Hall–Kier alpha value is -3.19. The van der Waals surface area contributed by atoms with Crippen LogP contribution in [0.4, 0.5) is 0 Å². The van der Waals surface area contributed by atoms with Crippen molar-refractivity contribution in [2.45, 2.75) is 34.1 Å². The summed E-state index contributed by atoms with van der Waals surface area (Å²) in [6, 6.07) is 9.34. The SMILES string of the molecule is [2H]c1c(C([2H])([2H])C(C)C)c([2H])c(-c2c(C)ccc3c2oc2nc(C#N)ccc23)[n+](C)c1C. The molecule has 0 fully saturated rings. The van der Waals surface area contributed by atoms with Gasteiger partial charge < -0.3 is 4.42 Å². The van der Waals surface area contributed by atoms with Gasteiger partial charge in [-0.25, -0.2) is 4.98 Å². The molecule has 0 saturated carbocycles. The van der Waals surface area contributed by atoms with Crippen LogP contribution in [-0.2, 0) is 13.4 Å². The summed E-state index contributed by atoms with van der Waals surface area (Å²) in [5.41, 5.74) is 3.77. The molecule has 4 heteroatoms. The van der Waals surface area contributed by atoms with Crippen LogP contribution < -0.4 is 4.57 Å². The van der Waals surface area contributed by atoms with Gasteiger partial charge in [-0.15, -0.1) is 0 Å². The number of nitriles is 1. The molecule has 0 spiro atoms. The summed E-state index contributed by atoms with van der Waals surface area (Å²) >= 11 is 0. The predicted molar refractivity (Wildman–Crippen MR) is 111 cm³/mol. The molecule has 28 heavy (non-hydrogen) atoms. The van der Waals surface area contributed by atoms with E-state index in [1.165, 1.54) is 0 Å². The lowest BCUT2D eigenvalue weighted by Gasteiger charge is -2.11. The van der Waals surface area contributed by atoms with Gasteiger partial charge in [0.2, 0.25) is 11.4 Å². The van der Waals surface area contributed by atoms with Crippen LogP contribution in [-0.4, -0.2) is 4.98 Å². The highest BCUT2D eigenvalue weighted by Crippen LogP contribution is 2.36. The van der Waals surface area contributed by atoms with Crippen molar-refractivity contribution in [3.63, 3.8) is 0 Å². The third kappa shape index (κ3) is 2.93. The van der Waals surface area contributed by atoms with Gasteiger partial charge >= 0.3 is 0 Å². The zero-order chi connectivity index (χ0) is 23.5. The molecule has 3 heterocycles. The van der Waals surface area contributed by atoms with E-state index in [-0.39, 0.29) is 23.3 Å².